The third-order valence-corrected chi connectivity index (χ3v) is 3.52. The Labute approximate surface area is 102 Å². The van der Waals surface area contributed by atoms with Crippen LogP contribution in [0.3, 0.4) is 0 Å². The van der Waals surface area contributed by atoms with Crippen LogP contribution in [-0.4, -0.2) is 40.6 Å². The molecule has 1 atom stereocenters. The van der Waals surface area contributed by atoms with Crippen LogP contribution in [0.5, 0.6) is 0 Å². The van der Waals surface area contributed by atoms with Gasteiger partial charge in [0.05, 0.1) is 0 Å². The van der Waals surface area contributed by atoms with Gasteiger partial charge in [0, 0.05) is 13.1 Å². The summed E-state index contributed by atoms with van der Waals surface area (Å²) in [5, 5.41) is 12.1. The van der Waals surface area contributed by atoms with Gasteiger partial charge in [-0.25, -0.2) is 9.59 Å². The maximum absolute atomic E-state index is 12.0. The Morgan fingerprint density at radius 1 is 1.41 bits per heavy atom. The minimum Gasteiger partial charge on any atom is -0.479 e. The van der Waals surface area contributed by atoms with E-state index in [-0.39, 0.29) is 6.03 Å². The van der Waals surface area contributed by atoms with Crippen molar-refractivity contribution in [2.45, 2.75) is 51.5 Å². The van der Waals surface area contributed by atoms with Crippen molar-refractivity contribution in [1.82, 2.24) is 10.2 Å². The lowest BCUT2D eigenvalue weighted by Crippen LogP contribution is -2.55. The van der Waals surface area contributed by atoms with Crippen molar-refractivity contribution in [1.29, 1.82) is 0 Å². The number of rotatable bonds is 5. The highest BCUT2D eigenvalue weighted by atomic mass is 16.4. The van der Waals surface area contributed by atoms with Crippen molar-refractivity contribution < 1.29 is 14.7 Å². The zero-order chi connectivity index (χ0) is 12.9. The predicted molar refractivity (Wildman–Crippen MR) is 64.9 cm³/mol. The van der Waals surface area contributed by atoms with E-state index in [1.165, 1.54) is 4.90 Å². The number of nitrogens with zero attached hydrogens (tertiary/aromatic N) is 1. The number of nitrogens with one attached hydrogen (secondary N) is 1. The molecule has 0 aromatic rings. The van der Waals surface area contributed by atoms with Crippen LogP contribution in [0.2, 0.25) is 0 Å². The van der Waals surface area contributed by atoms with Gasteiger partial charge in [-0.3, -0.25) is 0 Å². The number of urea groups is 1. The molecule has 98 valence electrons. The van der Waals surface area contributed by atoms with Crippen LogP contribution in [0.15, 0.2) is 0 Å². The predicted octanol–water partition coefficient (Wildman–Crippen LogP) is 1.83. The van der Waals surface area contributed by atoms with Crippen LogP contribution in [-0.2, 0) is 4.79 Å². The van der Waals surface area contributed by atoms with E-state index in [2.05, 4.69) is 12.2 Å². The number of carbonyl (C=O) groups excluding carboxylic acids is 1. The Morgan fingerprint density at radius 3 is 2.65 bits per heavy atom. The van der Waals surface area contributed by atoms with Gasteiger partial charge in [-0.05, 0) is 25.7 Å². The minimum atomic E-state index is -0.990. The quantitative estimate of drug-likeness (QED) is 0.722. The van der Waals surface area contributed by atoms with Gasteiger partial charge in [0.2, 0.25) is 0 Å². The number of carboxylic acids is 1. The molecule has 0 aromatic heterocycles. The number of aliphatic carboxylic acids is 1. The fourth-order valence-corrected chi connectivity index (χ4v) is 2.38. The van der Waals surface area contributed by atoms with Crippen molar-refractivity contribution in [2.24, 2.45) is 0 Å². The fraction of sp³-hybridized carbons (Fsp3) is 0.833. The molecule has 1 heterocycles. The lowest BCUT2D eigenvalue weighted by atomic mass is 9.93. The van der Waals surface area contributed by atoms with Gasteiger partial charge in [0.25, 0.3) is 0 Å². The molecule has 5 nitrogen and oxygen atoms in total. The van der Waals surface area contributed by atoms with Crippen molar-refractivity contribution in [3.05, 3.63) is 0 Å². The van der Waals surface area contributed by atoms with Gasteiger partial charge in [0.15, 0.2) is 0 Å². The van der Waals surface area contributed by atoms with E-state index in [0.29, 0.717) is 25.9 Å². The summed E-state index contributed by atoms with van der Waals surface area (Å²) in [7, 11) is 0. The number of amides is 2. The van der Waals surface area contributed by atoms with E-state index in [4.69, 9.17) is 0 Å². The van der Waals surface area contributed by atoms with Crippen LogP contribution in [0.1, 0.15) is 46.0 Å². The summed E-state index contributed by atoms with van der Waals surface area (Å²) in [6.45, 7) is 5.03. The van der Waals surface area contributed by atoms with Gasteiger partial charge in [-0.15, -0.1) is 0 Å². The molecule has 0 spiro atoms. The molecule has 5 heteroatoms. The van der Waals surface area contributed by atoms with Crippen LogP contribution >= 0.6 is 0 Å². The van der Waals surface area contributed by atoms with Crippen LogP contribution in [0.4, 0.5) is 4.79 Å². The summed E-state index contributed by atoms with van der Waals surface area (Å²) >= 11 is 0. The monoisotopic (exact) mass is 242 g/mol. The molecule has 0 saturated carbocycles. The molecule has 1 saturated heterocycles. The Morgan fingerprint density at radius 2 is 2.12 bits per heavy atom. The zero-order valence-electron chi connectivity index (χ0n) is 10.7. The summed E-state index contributed by atoms with van der Waals surface area (Å²) in [6.07, 6.45) is 3.72. The molecule has 0 radical (unpaired) electrons. The second kappa shape index (κ2) is 5.89. The molecule has 2 N–H and O–H groups in total. The van der Waals surface area contributed by atoms with Crippen molar-refractivity contribution in [3.63, 3.8) is 0 Å². The van der Waals surface area contributed by atoms with Crippen molar-refractivity contribution >= 4 is 12.0 Å². The Balaban J connectivity index is 2.67. The second-order valence-corrected chi connectivity index (χ2v) is 4.53. The first-order valence-corrected chi connectivity index (χ1v) is 6.37. The summed E-state index contributed by atoms with van der Waals surface area (Å²) in [6, 6.07) is -0.236. The standard InChI is InChI=1S/C12H22N2O3/c1-3-5-8-13-11(17)14-9-6-7-12(14,4-2)10(15)16/h3-9H2,1-2H3,(H,13,17)(H,15,16). The molecule has 0 aromatic carbocycles. The summed E-state index contributed by atoms with van der Waals surface area (Å²) in [5.41, 5.74) is -0.990. The fourth-order valence-electron chi connectivity index (χ4n) is 2.38. The van der Waals surface area contributed by atoms with E-state index in [1.807, 2.05) is 6.92 Å². The first kappa shape index (κ1) is 13.8. The summed E-state index contributed by atoms with van der Waals surface area (Å²) in [4.78, 5) is 24.8. The Bertz CT molecular complexity index is 293. The van der Waals surface area contributed by atoms with Crippen LogP contribution in [0, 0.1) is 0 Å². The second-order valence-electron chi connectivity index (χ2n) is 4.53. The number of likely N-dealkylation sites (tertiary alicyclic amines) is 1. The minimum absolute atomic E-state index is 0.236. The molecule has 0 bridgehead atoms. The van der Waals surface area contributed by atoms with E-state index in [1.54, 1.807) is 0 Å². The maximum Gasteiger partial charge on any atom is 0.329 e. The van der Waals surface area contributed by atoms with Gasteiger partial charge < -0.3 is 15.3 Å². The van der Waals surface area contributed by atoms with Gasteiger partial charge in [-0.2, -0.15) is 0 Å². The largest absolute Gasteiger partial charge is 0.479 e. The molecule has 1 rings (SSSR count). The van der Waals surface area contributed by atoms with E-state index < -0.39 is 11.5 Å². The number of hydrogen-bond donors (Lipinski definition) is 2. The van der Waals surface area contributed by atoms with Crippen LogP contribution < -0.4 is 5.32 Å². The molecule has 1 fully saturated rings. The number of carboxylic acid groups (broad SMARTS) is 1. The average molecular weight is 242 g/mol. The number of unbranched alkanes of at least 4 members (excludes halogenated alkanes) is 1. The molecule has 1 aliphatic rings. The molecular weight excluding hydrogens is 220 g/mol. The average Bonchev–Trinajstić information content (AvgIpc) is 2.74. The van der Waals surface area contributed by atoms with Gasteiger partial charge in [-0.1, -0.05) is 20.3 Å². The highest BCUT2D eigenvalue weighted by molar-refractivity contribution is 5.87. The smallest absolute Gasteiger partial charge is 0.329 e. The van der Waals surface area contributed by atoms with E-state index >= 15 is 0 Å². The van der Waals surface area contributed by atoms with Gasteiger partial charge >= 0.3 is 12.0 Å². The normalized spacial score (nSPS) is 23.8. The van der Waals surface area contributed by atoms with E-state index in [0.717, 1.165) is 19.3 Å². The highest BCUT2D eigenvalue weighted by Gasteiger charge is 2.48. The molecule has 0 aliphatic carbocycles. The Hall–Kier alpha value is -1.26. The molecule has 17 heavy (non-hydrogen) atoms. The Kier molecular flexibility index (Phi) is 4.78. The third-order valence-electron chi connectivity index (χ3n) is 3.52. The van der Waals surface area contributed by atoms with Crippen molar-refractivity contribution in [3.8, 4) is 0 Å². The number of carbonyl (C=O) groups is 2. The van der Waals surface area contributed by atoms with Crippen LogP contribution in [0.25, 0.3) is 0 Å². The number of hydrogen-bond acceptors (Lipinski definition) is 2. The first-order valence-electron chi connectivity index (χ1n) is 6.37. The third kappa shape index (κ3) is 2.70. The van der Waals surface area contributed by atoms with Crippen molar-refractivity contribution in [2.75, 3.05) is 13.1 Å². The zero-order valence-corrected chi connectivity index (χ0v) is 10.7. The highest BCUT2D eigenvalue weighted by Crippen LogP contribution is 2.32. The molecule has 1 aliphatic heterocycles. The molecule has 1 unspecified atom stereocenters. The lowest BCUT2D eigenvalue weighted by molar-refractivity contribution is -0.148. The SMILES string of the molecule is CCCCNC(=O)N1CCCC1(CC)C(=O)O. The molecular formula is C12H22N2O3. The summed E-state index contributed by atoms with van der Waals surface area (Å²) < 4.78 is 0. The molecule has 2 amide bonds. The maximum atomic E-state index is 12.0. The van der Waals surface area contributed by atoms with Gasteiger partial charge in [0.1, 0.15) is 5.54 Å². The topological polar surface area (TPSA) is 69.6 Å². The first-order chi connectivity index (χ1) is 8.08. The summed E-state index contributed by atoms with van der Waals surface area (Å²) in [5.74, 6) is -0.886. The lowest BCUT2D eigenvalue weighted by Gasteiger charge is -2.33. The van der Waals surface area contributed by atoms with E-state index in [9.17, 15) is 14.7 Å².